The molecule has 0 fully saturated rings. The number of hydrogen-bond donors (Lipinski definition) is 0. The quantitative estimate of drug-likeness (QED) is 0.393. The molecule has 0 bridgehead atoms. The topological polar surface area (TPSA) is 12.9 Å². The van der Waals surface area contributed by atoms with Gasteiger partial charge in [0.25, 0.3) is 0 Å². The first-order valence-corrected chi connectivity index (χ1v) is 7.96. The molecular weight excluding hydrogens is 319 g/mol. The van der Waals surface area contributed by atoms with Crippen molar-refractivity contribution in [3.8, 4) is 12.3 Å². The molecule has 1 heterocycles. The highest BCUT2D eigenvalue weighted by atomic mass is 32.2. The second-order valence-corrected chi connectivity index (χ2v) is 5.66. The van der Waals surface area contributed by atoms with Crippen molar-refractivity contribution in [3.63, 3.8) is 0 Å². The highest BCUT2D eigenvalue weighted by Crippen LogP contribution is 2.27. The summed E-state index contributed by atoms with van der Waals surface area (Å²) in [5, 5.41) is 0. The third-order valence-corrected chi connectivity index (χ3v) is 4.05. The SMILES string of the molecule is C#CCSc1cc(/C=C/C=C(\C=C)C(F)(F)F)nc(C)c1CC. The van der Waals surface area contributed by atoms with Crippen LogP contribution in [0.3, 0.4) is 0 Å². The zero-order chi connectivity index (χ0) is 17.5. The van der Waals surface area contributed by atoms with Crippen molar-refractivity contribution in [3.05, 3.63) is 53.4 Å². The molecule has 0 saturated carbocycles. The van der Waals surface area contributed by atoms with Gasteiger partial charge in [0, 0.05) is 10.6 Å². The van der Waals surface area contributed by atoms with Crippen LogP contribution in [-0.4, -0.2) is 16.9 Å². The fourth-order valence-corrected chi connectivity index (χ4v) is 2.89. The number of rotatable bonds is 6. The molecule has 122 valence electrons. The van der Waals surface area contributed by atoms with E-state index in [1.54, 1.807) is 6.08 Å². The van der Waals surface area contributed by atoms with E-state index in [9.17, 15) is 13.2 Å². The van der Waals surface area contributed by atoms with Gasteiger partial charge in [-0.1, -0.05) is 31.6 Å². The molecule has 0 saturated heterocycles. The van der Waals surface area contributed by atoms with Gasteiger partial charge in [-0.15, -0.1) is 18.2 Å². The van der Waals surface area contributed by atoms with Gasteiger partial charge in [-0.05, 0) is 37.1 Å². The van der Waals surface area contributed by atoms with Crippen LogP contribution in [0.1, 0.15) is 23.9 Å². The molecular formula is C18H18F3NS. The Hall–Kier alpha value is -1.93. The highest BCUT2D eigenvalue weighted by Gasteiger charge is 2.30. The predicted molar refractivity (Wildman–Crippen MR) is 91.3 cm³/mol. The first-order valence-electron chi connectivity index (χ1n) is 6.98. The Morgan fingerprint density at radius 3 is 2.70 bits per heavy atom. The molecule has 5 heteroatoms. The minimum atomic E-state index is -4.41. The lowest BCUT2D eigenvalue weighted by molar-refractivity contribution is -0.0881. The summed E-state index contributed by atoms with van der Waals surface area (Å²) in [6.07, 6.45) is 6.34. The predicted octanol–water partition coefficient (Wildman–Crippen LogP) is 5.37. The Bertz CT molecular complexity index is 664. The first kappa shape index (κ1) is 19.1. The summed E-state index contributed by atoms with van der Waals surface area (Å²) in [5.74, 6) is 3.10. The molecule has 1 nitrogen and oxygen atoms in total. The molecule has 1 rings (SSSR count). The standard InChI is InChI=1S/C18H18F3NS/c1-5-11-23-17-12-15(22-13(4)16(17)7-3)10-8-9-14(6-2)18(19,20)21/h1,6,8-10,12H,2,7,11H2,3-4H3/b10-8+,14-9+. The number of allylic oxidation sites excluding steroid dienone is 4. The minimum Gasteiger partial charge on any atom is -0.253 e. The number of thioether (sulfide) groups is 1. The summed E-state index contributed by atoms with van der Waals surface area (Å²) < 4.78 is 37.8. The number of terminal acetylenes is 1. The van der Waals surface area contributed by atoms with Crippen LogP contribution in [0.15, 0.2) is 41.3 Å². The van der Waals surface area contributed by atoms with Crippen LogP contribution in [0, 0.1) is 19.3 Å². The van der Waals surface area contributed by atoms with Crippen LogP contribution in [0.4, 0.5) is 13.2 Å². The average molecular weight is 337 g/mol. The molecule has 0 aliphatic carbocycles. The van der Waals surface area contributed by atoms with E-state index in [2.05, 4.69) is 17.5 Å². The number of halogens is 3. The lowest BCUT2D eigenvalue weighted by atomic mass is 10.1. The normalized spacial score (nSPS) is 12.4. The van der Waals surface area contributed by atoms with Gasteiger partial charge in [-0.3, -0.25) is 4.98 Å². The van der Waals surface area contributed by atoms with Crippen molar-refractivity contribution in [2.45, 2.75) is 31.3 Å². The largest absolute Gasteiger partial charge is 0.416 e. The summed E-state index contributed by atoms with van der Waals surface area (Å²) >= 11 is 1.53. The van der Waals surface area contributed by atoms with Crippen LogP contribution < -0.4 is 0 Å². The maximum atomic E-state index is 12.6. The smallest absolute Gasteiger partial charge is 0.253 e. The van der Waals surface area contributed by atoms with Crippen LogP contribution in [0.5, 0.6) is 0 Å². The first-order chi connectivity index (χ1) is 10.8. The molecule has 23 heavy (non-hydrogen) atoms. The Labute approximate surface area is 139 Å². The highest BCUT2D eigenvalue weighted by molar-refractivity contribution is 7.99. The molecule has 0 atom stereocenters. The van der Waals surface area contributed by atoms with E-state index >= 15 is 0 Å². The minimum absolute atomic E-state index is 0.536. The van der Waals surface area contributed by atoms with Gasteiger partial charge < -0.3 is 0 Å². The maximum absolute atomic E-state index is 12.6. The van der Waals surface area contributed by atoms with E-state index in [0.29, 0.717) is 11.4 Å². The van der Waals surface area contributed by atoms with Crippen molar-refractivity contribution in [1.29, 1.82) is 0 Å². The maximum Gasteiger partial charge on any atom is 0.416 e. The monoisotopic (exact) mass is 337 g/mol. The van der Waals surface area contributed by atoms with Gasteiger partial charge >= 0.3 is 6.18 Å². The molecule has 0 aromatic carbocycles. The molecule has 1 aromatic heterocycles. The van der Waals surface area contributed by atoms with Gasteiger partial charge in [-0.2, -0.15) is 13.2 Å². The molecule has 0 spiro atoms. The zero-order valence-electron chi connectivity index (χ0n) is 13.1. The van der Waals surface area contributed by atoms with Crippen molar-refractivity contribution in [2.24, 2.45) is 0 Å². The number of nitrogens with zero attached hydrogens (tertiary/aromatic N) is 1. The van der Waals surface area contributed by atoms with E-state index in [1.807, 2.05) is 19.9 Å². The van der Waals surface area contributed by atoms with E-state index in [4.69, 9.17) is 6.42 Å². The van der Waals surface area contributed by atoms with Crippen molar-refractivity contribution in [1.82, 2.24) is 4.98 Å². The number of aromatic nitrogens is 1. The Kier molecular flexibility index (Phi) is 7.18. The fourth-order valence-electron chi connectivity index (χ4n) is 1.99. The average Bonchev–Trinajstić information content (AvgIpc) is 2.48. The zero-order valence-corrected chi connectivity index (χ0v) is 13.9. The van der Waals surface area contributed by atoms with Gasteiger partial charge in [0.15, 0.2) is 0 Å². The van der Waals surface area contributed by atoms with E-state index in [0.717, 1.165) is 34.7 Å². The van der Waals surface area contributed by atoms with E-state index < -0.39 is 11.7 Å². The van der Waals surface area contributed by atoms with E-state index in [-0.39, 0.29) is 0 Å². The molecule has 0 amide bonds. The molecule has 1 aromatic rings. The molecule has 0 aliphatic heterocycles. The third kappa shape index (κ3) is 5.65. The van der Waals surface area contributed by atoms with Crippen LogP contribution >= 0.6 is 11.8 Å². The summed E-state index contributed by atoms with van der Waals surface area (Å²) in [6.45, 7) is 7.09. The number of pyridine rings is 1. The van der Waals surface area contributed by atoms with Crippen LogP contribution in [0.2, 0.25) is 0 Å². The Balaban J connectivity index is 3.12. The second-order valence-electron chi connectivity index (χ2n) is 4.64. The number of aryl methyl sites for hydroxylation is 1. The summed E-state index contributed by atoms with van der Waals surface area (Å²) in [5.41, 5.74) is 1.77. The molecule has 0 radical (unpaired) electrons. The van der Waals surface area contributed by atoms with Gasteiger partial charge in [0.1, 0.15) is 0 Å². The molecule has 0 N–H and O–H groups in total. The van der Waals surface area contributed by atoms with Crippen LogP contribution in [-0.2, 0) is 6.42 Å². The molecule has 0 unspecified atom stereocenters. The Morgan fingerprint density at radius 2 is 2.17 bits per heavy atom. The lowest BCUT2D eigenvalue weighted by Gasteiger charge is -2.10. The van der Waals surface area contributed by atoms with Crippen molar-refractivity contribution < 1.29 is 13.2 Å². The summed E-state index contributed by atoms with van der Waals surface area (Å²) in [4.78, 5) is 5.42. The van der Waals surface area contributed by atoms with Gasteiger partial charge in [0.05, 0.1) is 17.0 Å². The van der Waals surface area contributed by atoms with Gasteiger partial charge in [-0.25, -0.2) is 0 Å². The number of hydrogen-bond acceptors (Lipinski definition) is 2. The lowest BCUT2D eigenvalue weighted by Crippen LogP contribution is -2.09. The van der Waals surface area contributed by atoms with Crippen molar-refractivity contribution in [2.75, 3.05) is 5.75 Å². The summed E-state index contributed by atoms with van der Waals surface area (Å²) in [7, 11) is 0. The molecule has 0 aliphatic rings. The third-order valence-electron chi connectivity index (χ3n) is 3.06. The van der Waals surface area contributed by atoms with Crippen LogP contribution in [0.25, 0.3) is 6.08 Å². The summed E-state index contributed by atoms with van der Waals surface area (Å²) in [6, 6.07) is 1.85. The Morgan fingerprint density at radius 1 is 1.48 bits per heavy atom. The second kappa shape index (κ2) is 8.64. The van der Waals surface area contributed by atoms with Crippen molar-refractivity contribution >= 4 is 17.8 Å². The van der Waals surface area contributed by atoms with E-state index in [1.165, 1.54) is 17.8 Å². The fraction of sp³-hybridized carbons (Fsp3) is 0.278. The number of alkyl halides is 3. The van der Waals surface area contributed by atoms with Gasteiger partial charge in [0.2, 0.25) is 0 Å².